The molecule has 0 aliphatic carbocycles. The Morgan fingerprint density at radius 1 is 1.50 bits per heavy atom. The van der Waals surface area contributed by atoms with Crippen LogP contribution in [0.15, 0.2) is 4.99 Å². The third-order valence-corrected chi connectivity index (χ3v) is 1.82. The lowest BCUT2D eigenvalue weighted by Crippen LogP contribution is -2.28. The van der Waals surface area contributed by atoms with Crippen molar-refractivity contribution >= 4 is 6.34 Å². The molecule has 0 aliphatic heterocycles. The fraction of sp³-hybridized carbons (Fsp3) is 0.889. The van der Waals surface area contributed by atoms with Crippen molar-refractivity contribution in [3.05, 3.63) is 0 Å². The quantitative estimate of drug-likeness (QED) is 0.303. The molecule has 0 amide bonds. The van der Waals surface area contributed by atoms with E-state index in [-0.39, 0.29) is 5.41 Å². The normalized spacial score (nSPS) is 15.2. The molecule has 12 heavy (non-hydrogen) atoms. The second-order valence-electron chi connectivity index (χ2n) is 4.22. The maximum Gasteiger partial charge on any atom is 0.0991 e. The van der Waals surface area contributed by atoms with Crippen molar-refractivity contribution in [2.75, 3.05) is 7.05 Å². The van der Waals surface area contributed by atoms with Gasteiger partial charge < -0.3 is 5.01 Å². The van der Waals surface area contributed by atoms with Crippen molar-refractivity contribution in [1.82, 2.24) is 5.01 Å². The molecule has 3 heteroatoms. The zero-order chi connectivity index (χ0) is 9.78. The first-order valence-corrected chi connectivity index (χ1v) is 4.38. The summed E-state index contributed by atoms with van der Waals surface area (Å²) in [5, 5.41) is 1.48. The highest BCUT2D eigenvalue weighted by Crippen LogP contribution is 2.24. The minimum atomic E-state index is 0.223. The summed E-state index contributed by atoms with van der Waals surface area (Å²) in [7, 11) is 1.78. The van der Waals surface area contributed by atoms with E-state index in [1.165, 1.54) is 5.01 Å². The molecule has 1 atom stereocenters. The molecule has 3 nitrogen and oxygen atoms in total. The number of nitrogens with zero attached hydrogens (tertiary/aromatic N) is 2. The number of hydrogen-bond donors (Lipinski definition) is 1. The lowest BCUT2D eigenvalue weighted by Gasteiger charge is -2.26. The van der Waals surface area contributed by atoms with Gasteiger partial charge in [0.1, 0.15) is 0 Å². The molecule has 0 aromatic heterocycles. The molecular formula is C9H21N3. The highest BCUT2D eigenvalue weighted by Gasteiger charge is 2.21. The van der Waals surface area contributed by atoms with Gasteiger partial charge in [-0.2, -0.15) is 0 Å². The topological polar surface area (TPSA) is 41.6 Å². The van der Waals surface area contributed by atoms with Crippen LogP contribution >= 0.6 is 0 Å². The van der Waals surface area contributed by atoms with Gasteiger partial charge >= 0.3 is 0 Å². The van der Waals surface area contributed by atoms with E-state index in [0.717, 1.165) is 6.42 Å². The second kappa shape index (κ2) is 4.45. The number of aliphatic imine (C=N–C) groups is 1. The summed E-state index contributed by atoms with van der Waals surface area (Å²) >= 11 is 0. The van der Waals surface area contributed by atoms with Gasteiger partial charge in [0.25, 0.3) is 0 Å². The van der Waals surface area contributed by atoms with Crippen molar-refractivity contribution in [3.63, 3.8) is 0 Å². The first-order chi connectivity index (χ1) is 5.38. The Labute approximate surface area is 75.6 Å². The van der Waals surface area contributed by atoms with Crippen LogP contribution in [-0.2, 0) is 0 Å². The van der Waals surface area contributed by atoms with Crippen molar-refractivity contribution in [3.8, 4) is 0 Å². The van der Waals surface area contributed by atoms with Gasteiger partial charge in [0, 0.05) is 7.05 Å². The molecule has 0 heterocycles. The third kappa shape index (κ3) is 4.34. The van der Waals surface area contributed by atoms with E-state index in [1.807, 2.05) is 0 Å². The number of hydrogen-bond acceptors (Lipinski definition) is 2. The molecule has 2 N–H and O–H groups in total. The molecule has 0 saturated heterocycles. The summed E-state index contributed by atoms with van der Waals surface area (Å²) in [6.07, 6.45) is 2.73. The Kier molecular flexibility index (Phi) is 4.24. The van der Waals surface area contributed by atoms with Crippen LogP contribution in [0, 0.1) is 5.41 Å². The SMILES string of the molecule is CCC(/N=C\N(C)N)C(C)(C)C. The fourth-order valence-corrected chi connectivity index (χ4v) is 1.13. The Bertz CT molecular complexity index is 144. The van der Waals surface area contributed by atoms with Gasteiger partial charge in [-0.3, -0.25) is 4.99 Å². The van der Waals surface area contributed by atoms with E-state index in [4.69, 9.17) is 5.84 Å². The van der Waals surface area contributed by atoms with Crippen LogP contribution in [0.3, 0.4) is 0 Å². The lowest BCUT2D eigenvalue weighted by molar-refractivity contribution is 0.313. The summed E-state index contributed by atoms with van der Waals surface area (Å²) in [5.41, 5.74) is 0.223. The predicted octanol–water partition coefficient (Wildman–Crippen LogP) is 1.64. The van der Waals surface area contributed by atoms with Gasteiger partial charge in [-0.1, -0.05) is 27.7 Å². The van der Waals surface area contributed by atoms with E-state index >= 15 is 0 Å². The number of hydrazine groups is 1. The van der Waals surface area contributed by atoms with Crippen molar-refractivity contribution in [2.24, 2.45) is 16.3 Å². The summed E-state index contributed by atoms with van der Waals surface area (Å²) in [6, 6.07) is 0.350. The minimum Gasteiger partial charge on any atom is -0.304 e. The minimum absolute atomic E-state index is 0.223. The molecule has 0 fully saturated rings. The van der Waals surface area contributed by atoms with Crippen molar-refractivity contribution in [1.29, 1.82) is 0 Å². The average molecular weight is 171 g/mol. The third-order valence-electron chi connectivity index (χ3n) is 1.82. The Hall–Kier alpha value is -0.570. The summed E-state index contributed by atoms with van der Waals surface area (Å²) in [6.45, 7) is 8.71. The van der Waals surface area contributed by atoms with Crippen molar-refractivity contribution in [2.45, 2.75) is 40.2 Å². The molecule has 0 rings (SSSR count). The summed E-state index contributed by atoms with van der Waals surface area (Å²) in [5.74, 6) is 5.42. The molecule has 0 aromatic carbocycles. The van der Waals surface area contributed by atoms with Crippen LogP contribution in [-0.4, -0.2) is 24.4 Å². The van der Waals surface area contributed by atoms with Gasteiger partial charge in [0.05, 0.1) is 12.4 Å². The van der Waals surface area contributed by atoms with Crippen LogP contribution in [0.5, 0.6) is 0 Å². The van der Waals surface area contributed by atoms with Crippen LogP contribution in [0.4, 0.5) is 0 Å². The van der Waals surface area contributed by atoms with Crippen LogP contribution in [0.1, 0.15) is 34.1 Å². The van der Waals surface area contributed by atoms with E-state index in [0.29, 0.717) is 6.04 Å². The van der Waals surface area contributed by atoms with Crippen LogP contribution in [0.25, 0.3) is 0 Å². The van der Waals surface area contributed by atoms with E-state index < -0.39 is 0 Å². The summed E-state index contributed by atoms with van der Waals surface area (Å²) < 4.78 is 0. The molecule has 0 aliphatic rings. The predicted molar refractivity (Wildman–Crippen MR) is 54.0 cm³/mol. The standard InChI is InChI=1S/C9H21N3/c1-6-8(9(2,3)4)11-7-12(5)10/h7-8H,6,10H2,1-5H3/b11-7-. The molecule has 72 valence electrons. The average Bonchev–Trinajstić information content (AvgIpc) is 1.85. The maximum atomic E-state index is 5.42. The second-order valence-corrected chi connectivity index (χ2v) is 4.22. The van der Waals surface area contributed by atoms with Crippen molar-refractivity contribution < 1.29 is 0 Å². The Balaban J connectivity index is 4.18. The molecular weight excluding hydrogens is 150 g/mol. The molecule has 0 saturated carbocycles. The lowest BCUT2D eigenvalue weighted by atomic mass is 9.86. The highest BCUT2D eigenvalue weighted by molar-refractivity contribution is 5.53. The first-order valence-electron chi connectivity index (χ1n) is 4.38. The molecule has 0 aromatic rings. The van der Waals surface area contributed by atoms with Crippen LogP contribution < -0.4 is 5.84 Å². The summed E-state index contributed by atoms with van der Waals surface area (Å²) in [4.78, 5) is 4.39. The maximum absolute atomic E-state index is 5.42. The van der Waals surface area contributed by atoms with Gasteiger partial charge in [-0.25, -0.2) is 5.84 Å². The molecule has 0 radical (unpaired) electrons. The van der Waals surface area contributed by atoms with Gasteiger partial charge in [-0.15, -0.1) is 0 Å². The van der Waals surface area contributed by atoms with Crippen LogP contribution in [0.2, 0.25) is 0 Å². The smallest absolute Gasteiger partial charge is 0.0991 e. The number of nitrogens with two attached hydrogens (primary N) is 1. The van der Waals surface area contributed by atoms with E-state index in [1.54, 1.807) is 13.4 Å². The first kappa shape index (κ1) is 11.4. The molecule has 1 unspecified atom stereocenters. The highest BCUT2D eigenvalue weighted by atomic mass is 15.4. The van der Waals surface area contributed by atoms with E-state index in [9.17, 15) is 0 Å². The zero-order valence-electron chi connectivity index (χ0n) is 8.83. The Morgan fingerprint density at radius 3 is 2.25 bits per heavy atom. The number of rotatable bonds is 3. The largest absolute Gasteiger partial charge is 0.304 e. The Morgan fingerprint density at radius 2 is 2.00 bits per heavy atom. The molecule has 0 spiro atoms. The zero-order valence-corrected chi connectivity index (χ0v) is 8.83. The van der Waals surface area contributed by atoms with Gasteiger partial charge in [0.15, 0.2) is 0 Å². The van der Waals surface area contributed by atoms with Gasteiger partial charge in [-0.05, 0) is 11.8 Å². The van der Waals surface area contributed by atoms with E-state index in [2.05, 4.69) is 32.7 Å². The fourth-order valence-electron chi connectivity index (χ4n) is 1.13. The molecule has 0 bridgehead atoms. The van der Waals surface area contributed by atoms with Gasteiger partial charge in [0.2, 0.25) is 0 Å². The monoisotopic (exact) mass is 171 g/mol.